The molecular weight excluding hydrogens is 404 g/mol. The zero-order valence-corrected chi connectivity index (χ0v) is 18.3. The number of likely N-dealkylation sites (N-methyl/N-ethyl adjacent to an activating group) is 1. The maximum Gasteiger partial charge on any atom is 0.246 e. The molecule has 0 bridgehead atoms. The molecule has 5 rings (SSSR count). The smallest absolute Gasteiger partial charge is 0.246 e. The van der Waals surface area contributed by atoms with Gasteiger partial charge in [-0.15, -0.1) is 0 Å². The zero-order valence-electron chi connectivity index (χ0n) is 18.3. The van der Waals surface area contributed by atoms with Crippen molar-refractivity contribution in [2.75, 3.05) is 31.8 Å². The molecule has 32 heavy (non-hydrogen) atoms. The lowest BCUT2D eigenvalue weighted by Crippen LogP contribution is -2.61. The van der Waals surface area contributed by atoms with Gasteiger partial charge in [-0.3, -0.25) is 10.1 Å². The summed E-state index contributed by atoms with van der Waals surface area (Å²) in [5.41, 5.74) is 3.11. The van der Waals surface area contributed by atoms with Gasteiger partial charge in [0.25, 0.3) is 0 Å². The van der Waals surface area contributed by atoms with Gasteiger partial charge < -0.3 is 25.0 Å². The molecule has 7 heteroatoms. The van der Waals surface area contributed by atoms with E-state index >= 15 is 0 Å². The topological polar surface area (TPSA) is 77.1 Å². The van der Waals surface area contributed by atoms with Crippen molar-refractivity contribution in [2.24, 2.45) is 0 Å². The number of anilines is 1. The minimum absolute atomic E-state index is 0.0222. The molecular formula is C25H30N4O3. The van der Waals surface area contributed by atoms with Crippen LogP contribution in [-0.2, 0) is 4.79 Å². The molecule has 2 aromatic rings. The Morgan fingerprint density at radius 1 is 1.16 bits per heavy atom. The molecule has 1 amide bonds. The fourth-order valence-corrected chi connectivity index (χ4v) is 4.57. The number of nitrogens with one attached hydrogen (secondary N) is 2. The van der Waals surface area contributed by atoms with Crippen LogP contribution < -0.4 is 20.3 Å². The number of hydrogen-bond acceptors (Lipinski definition) is 6. The zero-order chi connectivity index (χ0) is 22.1. The maximum absolute atomic E-state index is 12.7. The molecule has 168 valence electrons. The van der Waals surface area contributed by atoms with E-state index in [1.807, 2.05) is 59.5 Å². The van der Waals surface area contributed by atoms with Gasteiger partial charge in [-0.05, 0) is 55.3 Å². The molecule has 1 aliphatic carbocycles. The van der Waals surface area contributed by atoms with Crippen LogP contribution in [0.1, 0.15) is 18.4 Å². The minimum Gasteiger partial charge on any atom is -0.491 e. The lowest BCUT2D eigenvalue weighted by Gasteiger charge is -2.33. The fraction of sp³-hybridized carbons (Fsp3) is 0.400. The van der Waals surface area contributed by atoms with Crippen LogP contribution in [0.25, 0.3) is 5.57 Å². The van der Waals surface area contributed by atoms with Gasteiger partial charge in [0.15, 0.2) is 0 Å². The van der Waals surface area contributed by atoms with E-state index in [-0.39, 0.29) is 24.6 Å². The lowest BCUT2D eigenvalue weighted by molar-refractivity contribution is -0.123. The number of hydrogen-bond donors (Lipinski definition) is 3. The van der Waals surface area contributed by atoms with Crippen molar-refractivity contribution in [3.8, 4) is 5.75 Å². The normalized spacial score (nSPS) is 23.5. The number of fused-ring (bicyclic) bond motifs is 1. The molecule has 3 unspecified atom stereocenters. The van der Waals surface area contributed by atoms with Crippen LogP contribution in [0.4, 0.5) is 5.69 Å². The van der Waals surface area contributed by atoms with E-state index in [1.54, 1.807) is 0 Å². The summed E-state index contributed by atoms with van der Waals surface area (Å²) in [6.07, 6.45) is 4.00. The Bertz CT molecular complexity index is 974. The summed E-state index contributed by atoms with van der Waals surface area (Å²) in [6, 6.07) is 18.1. The first-order valence-electron chi connectivity index (χ1n) is 11.3. The van der Waals surface area contributed by atoms with Gasteiger partial charge in [-0.1, -0.05) is 30.3 Å². The molecule has 0 radical (unpaired) electrons. The SMILES string of the molecule is CN(CC(O)COc1ccc(C2=CN(c3ccccc3)C3C(=O)NCNC23)cc1)C1CC1. The number of para-hydroxylation sites is 1. The van der Waals surface area contributed by atoms with Crippen LogP contribution in [0, 0.1) is 0 Å². The second-order valence-electron chi connectivity index (χ2n) is 8.83. The van der Waals surface area contributed by atoms with E-state index in [9.17, 15) is 9.90 Å². The predicted molar refractivity (Wildman–Crippen MR) is 124 cm³/mol. The van der Waals surface area contributed by atoms with Crippen molar-refractivity contribution in [2.45, 2.75) is 37.1 Å². The van der Waals surface area contributed by atoms with Crippen molar-refractivity contribution in [3.05, 3.63) is 66.4 Å². The second kappa shape index (κ2) is 8.94. The van der Waals surface area contributed by atoms with Gasteiger partial charge >= 0.3 is 0 Å². The van der Waals surface area contributed by atoms with Gasteiger partial charge in [0.1, 0.15) is 24.5 Å². The number of aliphatic hydroxyl groups excluding tert-OH is 1. The number of amides is 1. The van der Waals surface area contributed by atoms with E-state index in [2.05, 4.69) is 28.8 Å². The third-order valence-electron chi connectivity index (χ3n) is 6.44. The van der Waals surface area contributed by atoms with Crippen LogP contribution >= 0.6 is 0 Å². The van der Waals surface area contributed by atoms with Gasteiger partial charge in [0.05, 0.1) is 12.7 Å². The van der Waals surface area contributed by atoms with Gasteiger partial charge in [-0.2, -0.15) is 0 Å². The Morgan fingerprint density at radius 3 is 2.62 bits per heavy atom. The minimum atomic E-state index is -0.511. The molecule has 2 aromatic carbocycles. The molecule has 2 aliphatic heterocycles. The highest BCUT2D eigenvalue weighted by Crippen LogP contribution is 2.35. The fourth-order valence-electron chi connectivity index (χ4n) is 4.57. The van der Waals surface area contributed by atoms with Crippen LogP contribution in [0.3, 0.4) is 0 Å². The highest BCUT2D eigenvalue weighted by Gasteiger charge is 2.43. The second-order valence-corrected chi connectivity index (χ2v) is 8.83. The van der Waals surface area contributed by atoms with Gasteiger partial charge in [0, 0.05) is 24.5 Å². The number of carbonyl (C=O) groups excluding carboxylic acids is 1. The van der Waals surface area contributed by atoms with E-state index in [0.29, 0.717) is 19.3 Å². The van der Waals surface area contributed by atoms with Gasteiger partial charge in [0.2, 0.25) is 5.91 Å². The highest BCUT2D eigenvalue weighted by molar-refractivity contribution is 5.95. The van der Waals surface area contributed by atoms with E-state index in [4.69, 9.17) is 4.74 Å². The molecule has 7 nitrogen and oxygen atoms in total. The first kappa shape index (κ1) is 21.0. The average molecular weight is 435 g/mol. The third-order valence-corrected chi connectivity index (χ3v) is 6.44. The average Bonchev–Trinajstić information content (AvgIpc) is 3.59. The number of nitrogens with zero attached hydrogens (tertiary/aromatic N) is 2. The predicted octanol–water partition coefficient (Wildman–Crippen LogP) is 1.80. The summed E-state index contributed by atoms with van der Waals surface area (Å²) in [4.78, 5) is 16.9. The van der Waals surface area contributed by atoms with Crippen molar-refractivity contribution < 1.29 is 14.6 Å². The lowest BCUT2D eigenvalue weighted by atomic mass is 9.95. The number of benzene rings is 2. The van der Waals surface area contributed by atoms with Crippen molar-refractivity contribution in [1.29, 1.82) is 0 Å². The summed E-state index contributed by atoms with van der Waals surface area (Å²) in [6.45, 7) is 1.35. The van der Waals surface area contributed by atoms with Crippen LogP contribution in [-0.4, -0.2) is 67.0 Å². The van der Waals surface area contributed by atoms with E-state index in [1.165, 1.54) is 12.8 Å². The van der Waals surface area contributed by atoms with Crippen LogP contribution in [0.15, 0.2) is 60.8 Å². The first-order valence-corrected chi connectivity index (χ1v) is 11.3. The Balaban J connectivity index is 1.28. The molecule has 3 aliphatic rings. The first-order chi connectivity index (χ1) is 15.6. The molecule has 3 atom stereocenters. The standard InChI is InChI=1S/C25H30N4O3/c1-28(18-9-10-18)13-20(30)15-32-21-11-7-17(8-12-21)22-14-29(19-5-3-2-4-6-19)24-23(22)26-16-27-25(24)31/h2-8,11-12,14,18,20,23-24,26,30H,9-10,13,15-16H2,1H3,(H,27,31). The summed E-state index contributed by atoms with van der Waals surface area (Å²) in [7, 11) is 2.05. The van der Waals surface area contributed by atoms with Crippen molar-refractivity contribution >= 4 is 17.2 Å². The summed E-state index contributed by atoms with van der Waals surface area (Å²) in [5.74, 6) is 0.750. The summed E-state index contributed by atoms with van der Waals surface area (Å²) < 4.78 is 5.81. The van der Waals surface area contributed by atoms with E-state index < -0.39 is 6.10 Å². The quantitative estimate of drug-likeness (QED) is 0.588. The molecule has 2 heterocycles. The monoisotopic (exact) mass is 434 g/mol. The third kappa shape index (κ3) is 4.37. The van der Waals surface area contributed by atoms with E-state index in [0.717, 1.165) is 22.6 Å². The Kier molecular flexibility index (Phi) is 5.87. The number of rotatable bonds is 8. The molecule has 1 saturated carbocycles. The summed E-state index contributed by atoms with van der Waals surface area (Å²) >= 11 is 0. The summed E-state index contributed by atoms with van der Waals surface area (Å²) in [5, 5.41) is 16.6. The number of aliphatic hydroxyl groups is 1. The Hall–Kier alpha value is -2.87. The molecule has 0 spiro atoms. The Labute approximate surface area is 188 Å². The van der Waals surface area contributed by atoms with Crippen LogP contribution in [0.2, 0.25) is 0 Å². The van der Waals surface area contributed by atoms with Gasteiger partial charge in [-0.25, -0.2) is 0 Å². The van der Waals surface area contributed by atoms with Crippen molar-refractivity contribution in [1.82, 2.24) is 15.5 Å². The largest absolute Gasteiger partial charge is 0.491 e. The Morgan fingerprint density at radius 2 is 1.91 bits per heavy atom. The number of carbonyl (C=O) groups is 1. The molecule has 0 aromatic heterocycles. The molecule has 1 saturated heterocycles. The highest BCUT2D eigenvalue weighted by atomic mass is 16.5. The van der Waals surface area contributed by atoms with Crippen LogP contribution in [0.5, 0.6) is 5.75 Å². The number of ether oxygens (including phenoxy) is 1. The molecule has 2 fully saturated rings. The molecule has 3 N–H and O–H groups in total. The maximum atomic E-state index is 12.7. The van der Waals surface area contributed by atoms with Crippen molar-refractivity contribution in [3.63, 3.8) is 0 Å².